The number of hydrogen-bond donors (Lipinski definition) is 38. The maximum atomic E-state index is 12.8. The summed E-state index contributed by atoms with van der Waals surface area (Å²) in [6, 6.07) is -7.92. The number of aliphatic hydroxyl groups is 17. The monoisotopic (exact) mass is 2140 g/mol. The van der Waals surface area contributed by atoms with Crippen molar-refractivity contribution in [1.82, 2.24) is 21.0 Å². The molecular formula is C89H171N21O38. The van der Waals surface area contributed by atoms with Crippen molar-refractivity contribution >= 4 is 11.7 Å². The maximum absolute atomic E-state index is 12.8. The van der Waals surface area contributed by atoms with Crippen molar-refractivity contribution in [2.45, 2.75) is 365 Å². The molecule has 3 saturated carbocycles. The molecular weight excluding hydrogens is 1970 g/mol. The molecule has 1 unspecified atom stereocenters. The fourth-order valence-electron chi connectivity index (χ4n) is 19.8. The summed E-state index contributed by atoms with van der Waals surface area (Å²) in [6.07, 6.45) is -38.1. The van der Waals surface area contributed by atoms with Gasteiger partial charge < -0.3 is 285 Å². The van der Waals surface area contributed by atoms with Crippen molar-refractivity contribution in [2.75, 3.05) is 125 Å². The van der Waals surface area contributed by atoms with Crippen LogP contribution in [0.4, 0.5) is 0 Å². The quantitative estimate of drug-likeness (QED) is 0.0153. The summed E-state index contributed by atoms with van der Waals surface area (Å²) in [5, 5.41) is 201. The van der Waals surface area contributed by atoms with E-state index in [4.69, 9.17) is 183 Å². The Balaban J connectivity index is 0.000000227. The number of nitrogens with one attached hydrogen (secondary N) is 3. The Morgan fingerprint density at radius 2 is 0.635 bits per heavy atom. The highest BCUT2D eigenvalue weighted by atomic mass is 16.8. The molecule has 3 aliphatic carbocycles. The molecule has 860 valence electrons. The highest BCUT2D eigenvalue weighted by molar-refractivity contribution is 5.83. The average Bonchev–Trinajstić information content (AvgIpc) is 1.69. The van der Waals surface area contributed by atoms with E-state index < -0.39 is 325 Å². The smallest absolute Gasteiger partial charge is 0.246 e. The predicted molar refractivity (Wildman–Crippen MR) is 513 cm³/mol. The Bertz CT molecular complexity index is 3940. The zero-order chi connectivity index (χ0) is 108. The number of hydrogen-bond acceptors (Lipinski definition) is 58. The maximum Gasteiger partial charge on any atom is 0.246 e. The van der Waals surface area contributed by atoms with Gasteiger partial charge in [0, 0.05) is 70.3 Å². The lowest BCUT2D eigenvalue weighted by molar-refractivity contribution is -0.283. The number of nitrogens with two attached hydrogens (primary N) is 17. The van der Waals surface area contributed by atoms with Gasteiger partial charge in [0.15, 0.2) is 43.5 Å². The van der Waals surface area contributed by atoms with E-state index in [-0.39, 0.29) is 77.5 Å². The van der Waals surface area contributed by atoms with Crippen LogP contribution in [0.2, 0.25) is 0 Å². The van der Waals surface area contributed by atoms with E-state index in [1.807, 2.05) is 18.2 Å². The zero-order valence-electron chi connectivity index (χ0n) is 83.1. The van der Waals surface area contributed by atoms with Gasteiger partial charge in [-0.1, -0.05) is 0 Å². The minimum Gasteiger partial charge on any atom is -0.467 e. The topological polar surface area (TPSA) is 1050 Å². The third-order valence-corrected chi connectivity index (χ3v) is 28.5. The van der Waals surface area contributed by atoms with Gasteiger partial charge in [-0.2, -0.15) is 0 Å². The van der Waals surface area contributed by atoms with Gasteiger partial charge in [-0.05, 0) is 146 Å². The number of ether oxygens (including phenoxy) is 18. The fourth-order valence-corrected chi connectivity index (χ4v) is 19.8. The van der Waals surface area contributed by atoms with Crippen molar-refractivity contribution in [3.8, 4) is 0 Å². The molecule has 59 nitrogen and oxygen atoms in total. The summed E-state index contributed by atoms with van der Waals surface area (Å²) in [4.78, 5) is 25.4. The lowest BCUT2D eigenvalue weighted by Crippen LogP contribution is -2.64. The summed E-state index contributed by atoms with van der Waals surface area (Å²) < 4.78 is 108. The molecule has 0 bridgehead atoms. The van der Waals surface area contributed by atoms with Crippen LogP contribution in [-0.4, -0.2) is 515 Å². The lowest BCUT2D eigenvalue weighted by Gasteiger charge is -2.46. The Morgan fingerprint density at radius 1 is 0.345 bits per heavy atom. The summed E-state index contributed by atoms with van der Waals surface area (Å²) in [5.41, 5.74) is 102. The first-order valence-corrected chi connectivity index (χ1v) is 51.0. The molecule has 0 spiro atoms. The molecule has 55 N–H and O–H groups in total. The number of hydroxylamine groups is 2. The number of carbonyl (C=O) groups excluding carboxylic acids is 2. The summed E-state index contributed by atoms with van der Waals surface area (Å²) >= 11 is 0. The second-order valence-corrected chi connectivity index (χ2v) is 39.4. The van der Waals surface area contributed by atoms with Crippen LogP contribution >= 0.6 is 0 Å². The molecule has 9 fully saturated rings. The van der Waals surface area contributed by atoms with E-state index in [0.29, 0.717) is 120 Å². The lowest BCUT2D eigenvalue weighted by atomic mass is 9.76. The molecule has 6 saturated heterocycles. The SMILES string of the molecule is NCCCNCC1=CC[C@@H](N)[C@@H](O[C@H]2[C@H](O[C@@H]3O[C@H](CO)[C@@H](O[C@H]4O[C@@H](CN)[C@@H](O)[C@H](O)[C@H]4N)[C@H]3O)[C@@H](O)[C@H](CC(=O)C(O)CN)C[C@@H]2N)O1.NCCCNCC1=CC[C@@H](N)[C@@H](O[C@H]2[C@H](O[C@@H]3O[C@H](CO)[C@@H](O[C@H]4O[C@@H](CN)[C@@H](O)[C@H](O)[C@H]4N)[C@H]3O)[C@@H](O)[C@H](CC(=O)N(O)CCN)C[C@@H]2N)O1.NCCCNCC1=CC[C@@H](N)[C@@H](O[C@H]2[C@H](O[C@@H]3O[C@H](CO)[C@@H](O[C@H]4O[C@@H](CN)[C@@H](O)[C@H](O)[C@H]4N)[C@H]3O)[C@@H](O)[C@H](CCCO)C[C@@H]2N)O1. The minimum absolute atomic E-state index is 0.00658. The third kappa shape index (κ3) is 32.5. The molecule has 0 radical (unpaired) electrons. The zero-order valence-corrected chi connectivity index (χ0v) is 83.1. The molecule has 1 amide bonds. The van der Waals surface area contributed by atoms with Crippen molar-refractivity contribution in [2.24, 2.45) is 115 Å². The van der Waals surface area contributed by atoms with Crippen LogP contribution in [0.25, 0.3) is 0 Å². The number of amides is 1. The summed E-state index contributed by atoms with van der Waals surface area (Å²) in [6.45, 7) is 1.96. The van der Waals surface area contributed by atoms with E-state index in [1.165, 1.54) is 0 Å². The molecule has 12 aliphatic rings. The van der Waals surface area contributed by atoms with Gasteiger partial charge in [0.25, 0.3) is 0 Å². The van der Waals surface area contributed by atoms with Gasteiger partial charge in [-0.15, -0.1) is 0 Å². The number of Topliss-reactive ketones (excluding diaryl/α,β-unsaturated/α-hetero) is 1. The van der Waals surface area contributed by atoms with Crippen LogP contribution in [0.5, 0.6) is 0 Å². The fraction of sp³-hybridized carbons (Fsp3) is 0.910. The van der Waals surface area contributed by atoms with Gasteiger partial charge in [0.1, 0.15) is 170 Å². The summed E-state index contributed by atoms with van der Waals surface area (Å²) in [7, 11) is 0. The van der Waals surface area contributed by atoms with Crippen LogP contribution in [0, 0.1) is 17.8 Å². The summed E-state index contributed by atoms with van der Waals surface area (Å²) in [5.74, 6) is -1.56. The van der Waals surface area contributed by atoms with E-state index in [1.54, 1.807) is 0 Å². The Hall–Kier alpha value is -4.36. The predicted octanol–water partition coefficient (Wildman–Crippen LogP) is -19.7. The van der Waals surface area contributed by atoms with E-state index in [0.717, 1.165) is 19.3 Å². The van der Waals surface area contributed by atoms with E-state index in [2.05, 4.69) is 16.0 Å². The second-order valence-electron chi connectivity index (χ2n) is 39.4. The van der Waals surface area contributed by atoms with Crippen molar-refractivity contribution < 1.29 is 187 Å². The number of nitrogens with zero attached hydrogens (tertiary/aromatic N) is 1. The highest BCUT2D eigenvalue weighted by Gasteiger charge is 2.60. The van der Waals surface area contributed by atoms with Crippen molar-refractivity contribution in [3.05, 3.63) is 35.5 Å². The largest absolute Gasteiger partial charge is 0.467 e. The van der Waals surface area contributed by atoms with Crippen molar-refractivity contribution in [3.63, 3.8) is 0 Å². The molecule has 9 heterocycles. The molecule has 59 heteroatoms. The van der Waals surface area contributed by atoms with Gasteiger partial charge in [0.05, 0.1) is 101 Å². The van der Waals surface area contributed by atoms with Gasteiger partial charge in [-0.3, -0.25) is 14.8 Å². The normalized spacial score (nSPS) is 42.9. The number of ketones is 1. The van der Waals surface area contributed by atoms with Crippen LogP contribution in [0.15, 0.2) is 35.5 Å². The van der Waals surface area contributed by atoms with Crippen LogP contribution in [0.3, 0.4) is 0 Å². The standard InChI is InChI=1S/C30H58N8O13.C30H57N7O13.C29H56N6O12/c31-4-1-6-37-11-14-2-3-15(34)28(46-14)49-25-16(35)8-13(9-19(40)38(45)7-5-32)21(41)27(25)51-30-24(44)26(18(12-39)48-30)50-29-20(36)23(43)22(42)17(10-33)47-29;31-4-1-5-37-10-13-2-3-14(34)28(45-13)48-25-15(35)6-12(7-16(39)17(40)8-32)21(41)27(25)50-30-24(44)26(19(11-38)47-30)49-29-20(36)23(43)22(42)18(9-33)46-29;30-6-2-7-35-11-14-4-5-15(32)27(42-14)45-24-16(33)9-13(3-1-8-36)20(38)26(24)47-29-23(41)25(18(12-37)44-29)46-28-19(34)22(40)21(39)17(10-31)43-28/h2,13,15-18,20-30,37,39,41-45H,1,3-12,31-36H2;2,12,14-15,17-30,37-38,40-44H,1,3-11,31-36H2;4,13,15-29,35-41H,1-3,5-12,30-34H2/t13-,15+,16-,17-,18+,20+,21-,22+,23+,24+,25+,26+,27+,28+,29+,30-;12-,14+,15-,17?,18-,19+,20+,21-,22+,23+,24+,25+,26+,27+,28+,29+,30-;13-,15-,16+,17+,18-,19-,20+,21-,22-,23-,24-,25-,26-,27-,28-,29+/m001/s1. The molecule has 0 aromatic carbocycles. The molecule has 0 aromatic heterocycles. The Kier molecular flexibility index (Phi) is 51.7. The van der Waals surface area contributed by atoms with Crippen LogP contribution in [0.1, 0.15) is 83.5 Å². The highest BCUT2D eigenvalue weighted by Crippen LogP contribution is 2.43. The molecule has 49 atom stereocenters. The van der Waals surface area contributed by atoms with Crippen LogP contribution < -0.4 is 113 Å². The van der Waals surface area contributed by atoms with Gasteiger partial charge in [0.2, 0.25) is 24.8 Å². The van der Waals surface area contributed by atoms with Crippen molar-refractivity contribution in [1.29, 1.82) is 0 Å². The number of aliphatic hydroxyl groups excluding tert-OH is 17. The number of rotatable bonds is 50. The second kappa shape index (κ2) is 61.0. The Labute approximate surface area is 857 Å². The van der Waals surface area contributed by atoms with Gasteiger partial charge >= 0.3 is 0 Å². The van der Waals surface area contributed by atoms with Crippen LogP contribution in [-0.2, 0) is 94.9 Å². The average molecular weight is 2140 g/mol. The molecule has 0 aromatic rings. The first-order chi connectivity index (χ1) is 70.7. The number of carbonyl (C=O) groups is 2. The first-order valence-electron chi connectivity index (χ1n) is 51.0. The van der Waals surface area contributed by atoms with E-state index in [9.17, 15) is 102 Å². The Morgan fingerprint density at radius 3 is 0.926 bits per heavy atom. The van der Waals surface area contributed by atoms with E-state index >= 15 is 0 Å². The molecule has 9 aliphatic heterocycles. The van der Waals surface area contributed by atoms with Gasteiger partial charge in [-0.25, -0.2) is 5.06 Å². The third-order valence-electron chi connectivity index (χ3n) is 28.5. The minimum atomic E-state index is -1.64. The molecule has 12 rings (SSSR count). The first kappa shape index (κ1) is 125. The molecule has 148 heavy (non-hydrogen) atoms.